The van der Waals surface area contributed by atoms with Crippen molar-refractivity contribution in [3.8, 4) is 0 Å². The van der Waals surface area contributed by atoms with Gasteiger partial charge < -0.3 is 24.1 Å². The lowest BCUT2D eigenvalue weighted by Gasteiger charge is -2.26. The molecule has 1 aliphatic rings. The van der Waals surface area contributed by atoms with Crippen LogP contribution in [-0.2, 0) is 20.8 Å². The van der Waals surface area contributed by atoms with E-state index in [4.69, 9.17) is 14.2 Å². The van der Waals surface area contributed by atoms with E-state index in [1.54, 1.807) is 7.11 Å². The van der Waals surface area contributed by atoms with Gasteiger partial charge in [-0.2, -0.15) is 0 Å². The molecule has 1 unspecified atom stereocenters. The quantitative estimate of drug-likeness (QED) is 0.696. The van der Waals surface area contributed by atoms with E-state index in [2.05, 4.69) is 14.9 Å². The Hall–Kier alpha value is -1.11. The van der Waals surface area contributed by atoms with Crippen molar-refractivity contribution in [1.29, 1.82) is 0 Å². The SMILES string of the molecule is CCOCCCn1ccnc1NCC1(OC)CCOC1. The fourth-order valence-electron chi connectivity index (χ4n) is 2.34. The molecule has 6 nitrogen and oxygen atoms in total. The first-order valence-electron chi connectivity index (χ1n) is 7.25. The molecule has 1 aromatic heterocycles. The Bertz CT molecular complexity index is 389. The Balaban J connectivity index is 1.82. The molecule has 0 radical (unpaired) electrons. The molecule has 1 fully saturated rings. The predicted octanol–water partition coefficient (Wildman–Crippen LogP) is 1.53. The van der Waals surface area contributed by atoms with Gasteiger partial charge in [0.25, 0.3) is 0 Å². The molecule has 1 N–H and O–H groups in total. The number of hydrogen-bond donors (Lipinski definition) is 1. The molecule has 0 bridgehead atoms. The van der Waals surface area contributed by atoms with Crippen LogP contribution < -0.4 is 5.32 Å². The maximum Gasteiger partial charge on any atom is 0.202 e. The average molecular weight is 283 g/mol. The van der Waals surface area contributed by atoms with Crippen LogP contribution in [0.1, 0.15) is 19.8 Å². The average Bonchev–Trinajstić information content (AvgIpc) is 3.11. The lowest BCUT2D eigenvalue weighted by molar-refractivity contribution is -0.00635. The van der Waals surface area contributed by atoms with Gasteiger partial charge in [0, 0.05) is 58.8 Å². The molecule has 0 aromatic carbocycles. The largest absolute Gasteiger partial charge is 0.382 e. The van der Waals surface area contributed by atoms with E-state index in [-0.39, 0.29) is 5.60 Å². The summed E-state index contributed by atoms with van der Waals surface area (Å²) in [6.45, 7) is 6.58. The molecule has 114 valence electrons. The van der Waals surface area contributed by atoms with Crippen LogP contribution in [-0.4, -0.2) is 55.2 Å². The maximum atomic E-state index is 5.61. The third-order valence-corrected chi connectivity index (χ3v) is 3.68. The fourth-order valence-corrected chi connectivity index (χ4v) is 2.34. The van der Waals surface area contributed by atoms with Crippen molar-refractivity contribution in [1.82, 2.24) is 9.55 Å². The number of methoxy groups -OCH3 is 1. The van der Waals surface area contributed by atoms with Crippen LogP contribution in [0.15, 0.2) is 12.4 Å². The number of nitrogens with zero attached hydrogens (tertiary/aromatic N) is 2. The standard InChI is InChI=1S/C14H25N3O3/c1-3-19-9-4-7-17-8-6-15-13(17)16-11-14(18-2)5-10-20-12-14/h6,8H,3-5,7,9-12H2,1-2H3,(H,15,16). The van der Waals surface area contributed by atoms with Crippen molar-refractivity contribution in [2.45, 2.75) is 31.9 Å². The van der Waals surface area contributed by atoms with E-state index in [9.17, 15) is 0 Å². The zero-order chi connectivity index (χ0) is 14.3. The van der Waals surface area contributed by atoms with Crippen molar-refractivity contribution < 1.29 is 14.2 Å². The van der Waals surface area contributed by atoms with Gasteiger partial charge in [-0.1, -0.05) is 0 Å². The summed E-state index contributed by atoms with van der Waals surface area (Å²) in [7, 11) is 1.74. The van der Waals surface area contributed by atoms with E-state index in [1.807, 2.05) is 19.3 Å². The van der Waals surface area contributed by atoms with Crippen molar-refractivity contribution in [2.75, 3.05) is 45.4 Å². The number of nitrogens with one attached hydrogen (secondary N) is 1. The molecule has 0 amide bonds. The molecule has 1 aromatic rings. The Morgan fingerprint density at radius 2 is 2.45 bits per heavy atom. The smallest absolute Gasteiger partial charge is 0.202 e. The normalized spacial score (nSPS) is 22.3. The van der Waals surface area contributed by atoms with Crippen molar-refractivity contribution in [3.05, 3.63) is 12.4 Å². The second kappa shape index (κ2) is 7.61. The monoisotopic (exact) mass is 283 g/mol. The minimum Gasteiger partial charge on any atom is -0.382 e. The highest BCUT2D eigenvalue weighted by atomic mass is 16.5. The van der Waals surface area contributed by atoms with Crippen molar-refractivity contribution in [3.63, 3.8) is 0 Å². The Morgan fingerprint density at radius 1 is 1.55 bits per heavy atom. The second-order valence-corrected chi connectivity index (χ2v) is 5.04. The molecule has 1 atom stereocenters. The van der Waals surface area contributed by atoms with Crippen LogP contribution in [0.3, 0.4) is 0 Å². The summed E-state index contributed by atoms with van der Waals surface area (Å²) in [5, 5.41) is 3.37. The van der Waals surface area contributed by atoms with E-state index < -0.39 is 0 Å². The van der Waals surface area contributed by atoms with Gasteiger partial charge in [0.2, 0.25) is 5.95 Å². The first-order valence-corrected chi connectivity index (χ1v) is 7.25. The molecule has 1 aliphatic heterocycles. The van der Waals surface area contributed by atoms with E-state index in [0.717, 1.165) is 45.2 Å². The topological polar surface area (TPSA) is 57.5 Å². The zero-order valence-corrected chi connectivity index (χ0v) is 12.4. The molecule has 6 heteroatoms. The summed E-state index contributed by atoms with van der Waals surface area (Å²) >= 11 is 0. The first-order chi connectivity index (χ1) is 9.79. The second-order valence-electron chi connectivity index (χ2n) is 5.04. The van der Waals surface area contributed by atoms with Crippen molar-refractivity contribution >= 4 is 5.95 Å². The number of ether oxygens (including phenoxy) is 3. The summed E-state index contributed by atoms with van der Waals surface area (Å²) in [6.07, 6.45) is 5.70. The van der Waals surface area contributed by atoms with Gasteiger partial charge in [-0.3, -0.25) is 0 Å². The van der Waals surface area contributed by atoms with Crippen LogP contribution in [0.2, 0.25) is 0 Å². The zero-order valence-electron chi connectivity index (χ0n) is 12.4. The van der Waals surface area contributed by atoms with Gasteiger partial charge in [0.15, 0.2) is 0 Å². The van der Waals surface area contributed by atoms with Gasteiger partial charge in [-0.05, 0) is 13.3 Å². The molecule has 1 saturated heterocycles. The number of aromatic nitrogens is 2. The summed E-state index contributed by atoms with van der Waals surface area (Å²) in [6, 6.07) is 0. The van der Waals surface area contributed by atoms with Gasteiger partial charge >= 0.3 is 0 Å². The van der Waals surface area contributed by atoms with Crippen LogP contribution in [0.5, 0.6) is 0 Å². The molecule has 20 heavy (non-hydrogen) atoms. The molecule has 2 rings (SSSR count). The third kappa shape index (κ3) is 3.94. The lowest BCUT2D eigenvalue weighted by Crippen LogP contribution is -2.40. The number of rotatable bonds is 9. The van der Waals surface area contributed by atoms with Gasteiger partial charge in [0.1, 0.15) is 5.60 Å². The summed E-state index contributed by atoms with van der Waals surface area (Å²) in [4.78, 5) is 4.36. The van der Waals surface area contributed by atoms with Gasteiger partial charge in [0.05, 0.1) is 6.61 Å². The van der Waals surface area contributed by atoms with E-state index in [1.165, 1.54) is 0 Å². The third-order valence-electron chi connectivity index (χ3n) is 3.68. The van der Waals surface area contributed by atoms with E-state index in [0.29, 0.717) is 13.2 Å². The van der Waals surface area contributed by atoms with Crippen LogP contribution in [0, 0.1) is 0 Å². The highest BCUT2D eigenvalue weighted by molar-refractivity contribution is 5.27. The Morgan fingerprint density at radius 3 is 3.15 bits per heavy atom. The predicted molar refractivity (Wildman–Crippen MR) is 77.0 cm³/mol. The minimum atomic E-state index is -0.220. The minimum absolute atomic E-state index is 0.220. The summed E-state index contributed by atoms with van der Waals surface area (Å²) < 4.78 is 18.5. The van der Waals surface area contributed by atoms with Crippen LogP contribution in [0.25, 0.3) is 0 Å². The maximum absolute atomic E-state index is 5.61. The number of imidazole rings is 1. The molecule has 0 aliphatic carbocycles. The summed E-state index contributed by atoms with van der Waals surface area (Å²) in [5.41, 5.74) is -0.220. The highest BCUT2D eigenvalue weighted by Crippen LogP contribution is 2.22. The number of hydrogen-bond acceptors (Lipinski definition) is 5. The van der Waals surface area contributed by atoms with Crippen LogP contribution >= 0.6 is 0 Å². The summed E-state index contributed by atoms with van der Waals surface area (Å²) in [5.74, 6) is 0.879. The number of aryl methyl sites for hydroxylation is 1. The van der Waals surface area contributed by atoms with Gasteiger partial charge in [-0.25, -0.2) is 4.98 Å². The highest BCUT2D eigenvalue weighted by Gasteiger charge is 2.34. The molecule has 2 heterocycles. The Labute approximate surface area is 120 Å². The first kappa shape index (κ1) is 15.3. The van der Waals surface area contributed by atoms with Crippen LogP contribution in [0.4, 0.5) is 5.95 Å². The van der Waals surface area contributed by atoms with Gasteiger partial charge in [-0.15, -0.1) is 0 Å². The fraction of sp³-hybridized carbons (Fsp3) is 0.786. The molecule has 0 saturated carbocycles. The molecular formula is C14H25N3O3. The van der Waals surface area contributed by atoms with Crippen molar-refractivity contribution in [2.24, 2.45) is 0 Å². The lowest BCUT2D eigenvalue weighted by atomic mass is 10.0. The Kier molecular flexibility index (Phi) is 5.82. The molecular weight excluding hydrogens is 258 g/mol. The molecule has 0 spiro atoms. The number of anilines is 1. The van der Waals surface area contributed by atoms with E-state index >= 15 is 0 Å².